The number of alkyl halides is 1. The molecule has 1 aliphatic rings. The standard InChI is InChI=1S/C23H33ClO2/c24-23(25)18-21-15-11-7-4-8-12-16-22(17-21)26-19-20-13-9-5-2-1-3-6-10-14-20/h1-3,5-6,9-10,13-14,21-23,25H,4,7-8,11-12,15-19H2. The van der Waals surface area contributed by atoms with Crippen LogP contribution in [0.25, 0.3) is 0 Å². The molecule has 1 aromatic carbocycles. The lowest BCUT2D eigenvalue weighted by molar-refractivity contribution is 0.0117. The number of aliphatic hydroxyl groups is 1. The van der Waals surface area contributed by atoms with Crippen LogP contribution in [0.5, 0.6) is 0 Å². The number of hydrogen-bond acceptors (Lipinski definition) is 2. The Morgan fingerprint density at radius 2 is 1.46 bits per heavy atom. The van der Waals surface area contributed by atoms with Gasteiger partial charge in [-0.25, -0.2) is 0 Å². The molecule has 3 heteroatoms. The largest absolute Gasteiger partial charge is 0.378 e. The highest BCUT2D eigenvalue weighted by atomic mass is 35.5. The van der Waals surface area contributed by atoms with Crippen molar-refractivity contribution < 1.29 is 9.84 Å². The van der Waals surface area contributed by atoms with E-state index >= 15 is 0 Å². The minimum Gasteiger partial charge on any atom is -0.378 e. The van der Waals surface area contributed by atoms with Gasteiger partial charge in [-0.3, -0.25) is 0 Å². The van der Waals surface area contributed by atoms with E-state index in [9.17, 15) is 5.11 Å². The third-order valence-corrected chi connectivity index (χ3v) is 5.21. The zero-order chi connectivity index (χ0) is 18.5. The molecule has 1 fully saturated rings. The molecule has 0 heterocycles. The molecule has 0 aromatic heterocycles. The molecule has 2 rings (SSSR count). The fourth-order valence-electron chi connectivity index (χ4n) is 3.63. The van der Waals surface area contributed by atoms with Crippen LogP contribution in [-0.4, -0.2) is 16.8 Å². The summed E-state index contributed by atoms with van der Waals surface area (Å²) in [5, 5.41) is 9.61. The van der Waals surface area contributed by atoms with Crippen molar-refractivity contribution in [3.8, 4) is 0 Å². The van der Waals surface area contributed by atoms with Crippen LogP contribution in [0.4, 0.5) is 0 Å². The maximum absolute atomic E-state index is 9.61. The zero-order valence-corrected chi connectivity index (χ0v) is 16.5. The first-order valence-corrected chi connectivity index (χ1v) is 10.5. The maximum Gasteiger partial charge on any atom is 0.128 e. The van der Waals surface area contributed by atoms with Gasteiger partial charge in [0.1, 0.15) is 5.56 Å². The predicted octanol–water partition coefficient (Wildman–Crippen LogP) is 6.39. The van der Waals surface area contributed by atoms with Gasteiger partial charge >= 0.3 is 0 Å². The van der Waals surface area contributed by atoms with Crippen LogP contribution < -0.4 is 0 Å². The van der Waals surface area contributed by atoms with Crippen LogP contribution in [-0.2, 0) is 11.3 Å². The Hall–Kier alpha value is -1.09. The molecule has 0 spiro atoms. The van der Waals surface area contributed by atoms with Gasteiger partial charge in [0.2, 0.25) is 0 Å². The molecule has 1 N–H and O–H groups in total. The lowest BCUT2D eigenvalue weighted by Crippen LogP contribution is -2.21. The van der Waals surface area contributed by atoms with E-state index in [1.165, 1.54) is 37.7 Å². The first-order valence-electron chi connectivity index (χ1n) is 10.0. The second-order valence-electron chi connectivity index (χ2n) is 7.31. The molecule has 1 saturated carbocycles. The summed E-state index contributed by atoms with van der Waals surface area (Å²) < 4.78 is 6.31. The molecule has 0 aliphatic heterocycles. The quantitative estimate of drug-likeness (QED) is 0.603. The summed E-state index contributed by atoms with van der Waals surface area (Å²) in [6.45, 7) is 0.624. The fourth-order valence-corrected chi connectivity index (χ4v) is 3.88. The number of ether oxygens (including phenoxy) is 1. The summed E-state index contributed by atoms with van der Waals surface area (Å²) in [6, 6.07) is 18.5. The molecule has 144 valence electrons. The molecule has 2 nitrogen and oxygen atoms in total. The molecule has 3 atom stereocenters. The lowest BCUT2D eigenvalue weighted by atomic mass is 9.88. The smallest absolute Gasteiger partial charge is 0.128 e. The van der Waals surface area contributed by atoms with Crippen LogP contribution in [0.2, 0.25) is 0 Å². The first kappa shape index (κ1) is 21.2. The Balaban J connectivity index is 1.99. The molecule has 1 aromatic rings. The Labute approximate surface area is 163 Å². The highest BCUT2D eigenvalue weighted by Gasteiger charge is 2.20. The van der Waals surface area contributed by atoms with E-state index < -0.39 is 5.56 Å². The molecule has 0 amide bonds. The van der Waals surface area contributed by atoms with E-state index in [2.05, 4.69) is 24.3 Å². The molecule has 3 unspecified atom stereocenters. The van der Waals surface area contributed by atoms with Gasteiger partial charge in [-0.2, -0.15) is 0 Å². The number of hydrogen-bond donors (Lipinski definition) is 1. The van der Waals surface area contributed by atoms with Gasteiger partial charge in [0.15, 0.2) is 0 Å². The summed E-state index contributed by atoms with van der Waals surface area (Å²) in [7, 11) is 0. The summed E-state index contributed by atoms with van der Waals surface area (Å²) >= 11 is 5.86. The third kappa shape index (κ3) is 9.56. The average Bonchev–Trinajstić information content (AvgIpc) is 2.63. The summed E-state index contributed by atoms with van der Waals surface area (Å²) in [5.41, 5.74) is 0.435. The van der Waals surface area contributed by atoms with Gasteiger partial charge in [0.25, 0.3) is 0 Å². The third-order valence-electron chi connectivity index (χ3n) is 5.04. The van der Waals surface area contributed by atoms with Gasteiger partial charge < -0.3 is 9.84 Å². The molecule has 0 bridgehead atoms. The Bertz CT molecular complexity index is 520. The molecule has 1 aliphatic carbocycles. The van der Waals surface area contributed by atoms with Crippen molar-refractivity contribution in [1.82, 2.24) is 0 Å². The van der Waals surface area contributed by atoms with Crippen LogP contribution >= 0.6 is 11.6 Å². The van der Waals surface area contributed by atoms with Gasteiger partial charge in [-0.1, -0.05) is 105 Å². The number of halogens is 1. The van der Waals surface area contributed by atoms with Crippen molar-refractivity contribution in [3.63, 3.8) is 0 Å². The molecule has 0 radical (unpaired) electrons. The van der Waals surface area contributed by atoms with E-state index in [-0.39, 0.29) is 6.10 Å². The van der Waals surface area contributed by atoms with Gasteiger partial charge in [0, 0.05) is 0 Å². The highest BCUT2D eigenvalue weighted by molar-refractivity contribution is 6.19. The van der Waals surface area contributed by atoms with Crippen LogP contribution in [0, 0.1) is 5.92 Å². The summed E-state index contributed by atoms with van der Waals surface area (Å²) in [6.07, 6.45) is 10.5. The monoisotopic (exact) mass is 376 g/mol. The van der Waals surface area contributed by atoms with Crippen molar-refractivity contribution in [3.05, 3.63) is 60.2 Å². The Morgan fingerprint density at radius 1 is 0.885 bits per heavy atom. The van der Waals surface area contributed by atoms with Crippen LogP contribution in [0.3, 0.4) is 0 Å². The van der Waals surface area contributed by atoms with Crippen molar-refractivity contribution in [1.29, 1.82) is 0 Å². The number of aliphatic hydroxyl groups excluding tert-OH is 1. The van der Waals surface area contributed by atoms with Crippen LogP contribution in [0.1, 0.15) is 63.4 Å². The molecule has 0 saturated heterocycles. The van der Waals surface area contributed by atoms with E-state index in [1.54, 1.807) is 0 Å². The van der Waals surface area contributed by atoms with E-state index in [1.807, 2.05) is 30.3 Å². The Kier molecular flexibility index (Phi) is 10.7. The van der Waals surface area contributed by atoms with Gasteiger partial charge in [-0.15, -0.1) is 0 Å². The van der Waals surface area contributed by atoms with E-state index in [0.29, 0.717) is 18.9 Å². The topological polar surface area (TPSA) is 29.5 Å². The van der Waals surface area contributed by atoms with Gasteiger partial charge in [-0.05, 0) is 30.7 Å². The molecular formula is C23H33ClO2. The Morgan fingerprint density at radius 3 is 2.12 bits per heavy atom. The van der Waals surface area contributed by atoms with Gasteiger partial charge in [0.05, 0.1) is 12.7 Å². The van der Waals surface area contributed by atoms with E-state index in [0.717, 1.165) is 19.3 Å². The second-order valence-corrected chi connectivity index (χ2v) is 7.81. The SMILES string of the molecule is OC(Cl)CC1CCCCCCCC(OCc2ccccccccc2)C1. The molecular weight excluding hydrogens is 344 g/mol. The van der Waals surface area contributed by atoms with Crippen molar-refractivity contribution in [2.24, 2.45) is 5.92 Å². The van der Waals surface area contributed by atoms with Crippen molar-refractivity contribution in [2.75, 3.05) is 0 Å². The minimum atomic E-state index is -0.738. The predicted molar refractivity (Wildman–Crippen MR) is 110 cm³/mol. The fraction of sp³-hybridized carbons (Fsp3) is 0.565. The average molecular weight is 377 g/mol. The number of rotatable bonds is 5. The van der Waals surface area contributed by atoms with Crippen LogP contribution in [0.15, 0.2) is 54.6 Å². The minimum absolute atomic E-state index is 0.248. The zero-order valence-electron chi connectivity index (χ0n) is 15.7. The van der Waals surface area contributed by atoms with Crippen molar-refractivity contribution in [2.45, 2.75) is 76.1 Å². The second kappa shape index (κ2) is 13.1. The lowest BCUT2D eigenvalue weighted by Gasteiger charge is -2.26. The first-order chi connectivity index (χ1) is 12.7. The van der Waals surface area contributed by atoms with Crippen molar-refractivity contribution >= 4 is 11.6 Å². The highest BCUT2D eigenvalue weighted by Crippen LogP contribution is 2.28. The molecule has 26 heavy (non-hydrogen) atoms. The maximum atomic E-state index is 9.61. The van der Waals surface area contributed by atoms with E-state index in [4.69, 9.17) is 16.3 Å². The normalized spacial score (nSPS) is 22.8. The summed E-state index contributed by atoms with van der Waals surface area (Å²) in [4.78, 5) is 0. The summed E-state index contributed by atoms with van der Waals surface area (Å²) in [5.74, 6) is 0.451.